The maximum Gasteiger partial charge on any atom is 0.310 e. The van der Waals surface area contributed by atoms with Crippen LogP contribution < -0.4 is 0 Å². The van der Waals surface area contributed by atoms with Crippen LogP contribution in [0.15, 0.2) is 42.5 Å². The first kappa shape index (κ1) is 21.9. The van der Waals surface area contributed by atoms with Crippen LogP contribution in [0.4, 0.5) is 0 Å². The fourth-order valence-electron chi connectivity index (χ4n) is 4.81. The maximum atomic E-state index is 13.4. The second kappa shape index (κ2) is 9.20. The summed E-state index contributed by atoms with van der Waals surface area (Å²) in [6.45, 7) is 16.3. The molecule has 0 radical (unpaired) electrons. The Labute approximate surface area is 166 Å². The smallest absolute Gasteiger partial charge is 0.310 e. The highest BCUT2D eigenvalue weighted by Crippen LogP contribution is 2.43. The van der Waals surface area contributed by atoms with Crippen LogP contribution in [0.3, 0.4) is 0 Å². The van der Waals surface area contributed by atoms with Gasteiger partial charge < -0.3 is 4.43 Å². The van der Waals surface area contributed by atoms with Gasteiger partial charge in [-0.3, -0.25) is 9.69 Å². The van der Waals surface area contributed by atoms with Crippen LogP contribution in [0.5, 0.6) is 0 Å². The monoisotopic (exact) mass is 387 g/mol. The first-order valence-corrected chi connectivity index (χ1v) is 12.5. The lowest BCUT2D eigenvalue weighted by Gasteiger charge is -2.44. The van der Waals surface area contributed by atoms with Gasteiger partial charge in [0, 0.05) is 12.6 Å². The highest BCUT2D eigenvalue weighted by Gasteiger charge is 2.49. The van der Waals surface area contributed by atoms with Gasteiger partial charge in [0.15, 0.2) is 0 Å². The van der Waals surface area contributed by atoms with Gasteiger partial charge in [-0.05, 0) is 35.5 Å². The van der Waals surface area contributed by atoms with Gasteiger partial charge in [0.2, 0.25) is 0 Å². The molecule has 1 aromatic carbocycles. The zero-order valence-corrected chi connectivity index (χ0v) is 19.1. The van der Waals surface area contributed by atoms with Crippen LogP contribution in [-0.4, -0.2) is 31.3 Å². The van der Waals surface area contributed by atoms with Crippen LogP contribution in [0.1, 0.15) is 60.5 Å². The van der Waals surface area contributed by atoms with Crippen molar-refractivity contribution < 1.29 is 9.22 Å². The molecule has 1 heterocycles. The van der Waals surface area contributed by atoms with Crippen molar-refractivity contribution in [3.8, 4) is 0 Å². The van der Waals surface area contributed by atoms with E-state index in [0.29, 0.717) is 16.6 Å². The number of carbonyl (C=O) groups is 1. The molecule has 0 unspecified atom stereocenters. The maximum absolute atomic E-state index is 13.4. The summed E-state index contributed by atoms with van der Waals surface area (Å²) >= 11 is 0. The van der Waals surface area contributed by atoms with E-state index in [-0.39, 0.29) is 18.1 Å². The van der Waals surface area contributed by atoms with Gasteiger partial charge in [-0.1, -0.05) is 84.0 Å². The highest BCUT2D eigenvalue weighted by atomic mass is 28.4. The summed E-state index contributed by atoms with van der Waals surface area (Å²) in [7, 11) is -2.22. The topological polar surface area (TPSA) is 29.5 Å². The zero-order valence-electron chi connectivity index (χ0n) is 18.1. The Kier molecular flexibility index (Phi) is 7.46. The van der Waals surface area contributed by atoms with E-state index in [1.165, 1.54) is 5.56 Å². The fraction of sp³-hybridized carbons (Fsp3) is 0.609. The number of carbonyl (C=O) groups excluding carboxylic acids is 1. The molecule has 1 aliphatic rings. The summed E-state index contributed by atoms with van der Waals surface area (Å²) in [5.74, 6) is -0.0232. The SMILES string of the molecule is CC(C)[Si](OC(=O)[C@@H]1CC=C[C@H](C)N1Cc1ccccc1)(C(C)C)C(C)C. The van der Waals surface area contributed by atoms with Gasteiger partial charge in [-0.15, -0.1) is 0 Å². The largest absolute Gasteiger partial charge is 0.517 e. The van der Waals surface area contributed by atoms with Gasteiger partial charge in [-0.2, -0.15) is 0 Å². The quantitative estimate of drug-likeness (QED) is 0.429. The van der Waals surface area contributed by atoms with Crippen molar-refractivity contribution in [2.75, 3.05) is 0 Å². The molecule has 150 valence electrons. The molecule has 2 atom stereocenters. The van der Waals surface area contributed by atoms with E-state index in [2.05, 4.69) is 89.8 Å². The molecule has 0 amide bonds. The first-order valence-electron chi connectivity index (χ1n) is 10.4. The molecule has 0 fully saturated rings. The predicted molar refractivity (Wildman–Crippen MR) is 116 cm³/mol. The molecule has 2 rings (SSSR count). The minimum atomic E-state index is -2.22. The average Bonchev–Trinajstić information content (AvgIpc) is 2.61. The van der Waals surface area contributed by atoms with E-state index >= 15 is 0 Å². The van der Waals surface area contributed by atoms with Crippen LogP contribution in [-0.2, 0) is 15.8 Å². The van der Waals surface area contributed by atoms with Gasteiger partial charge in [-0.25, -0.2) is 0 Å². The van der Waals surface area contributed by atoms with Crippen molar-refractivity contribution in [1.29, 1.82) is 0 Å². The van der Waals surface area contributed by atoms with E-state index in [1.54, 1.807) is 0 Å². The van der Waals surface area contributed by atoms with E-state index in [9.17, 15) is 4.79 Å². The summed E-state index contributed by atoms with van der Waals surface area (Å²) in [4.78, 5) is 15.7. The van der Waals surface area contributed by atoms with Crippen molar-refractivity contribution in [3.63, 3.8) is 0 Å². The van der Waals surface area contributed by atoms with Crippen molar-refractivity contribution in [1.82, 2.24) is 4.90 Å². The molecular weight excluding hydrogens is 350 g/mol. The third kappa shape index (κ3) is 4.72. The lowest BCUT2D eigenvalue weighted by Crippen LogP contribution is -2.55. The molecule has 1 aromatic rings. The standard InChI is InChI=1S/C23H37NO2Si/c1-17(2)27(18(3)4,19(5)6)26-23(25)22-15-11-12-20(7)24(22)16-21-13-9-8-10-14-21/h8-14,17-20,22H,15-16H2,1-7H3/t20-,22-/m0/s1. The lowest BCUT2D eigenvalue weighted by molar-refractivity contribution is -0.143. The third-order valence-electron chi connectivity index (χ3n) is 6.16. The van der Waals surface area contributed by atoms with Crippen LogP contribution in [0.2, 0.25) is 16.6 Å². The molecule has 0 aromatic heterocycles. The number of hydrogen-bond acceptors (Lipinski definition) is 3. The predicted octanol–water partition coefficient (Wildman–Crippen LogP) is 5.92. The van der Waals surface area contributed by atoms with Crippen molar-refractivity contribution in [2.24, 2.45) is 0 Å². The fourth-order valence-corrected chi connectivity index (χ4v) is 10.0. The summed E-state index contributed by atoms with van der Waals surface area (Å²) in [6, 6.07) is 10.4. The molecular formula is C23H37NO2Si. The number of hydrogen-bond donors (Lipinski definition) is 0. The minimum Gasteiger partial charge on any atom is -0.517 e. The van der Waals surface area contributed by atoms with Gasteiger partial charge >= 0.3 is 5.97 Å². The van der Waals surface area contributed by atoms with Crippen molar-refractivity contribution >= 4 is 14.3 Å². The van der Waals surface area contributed by atoms with Crippen LogP contribution in [0, 0.1) is 0 Å². The molecule has 0 aliphatic carbocycles. The molecule has 0 bridgehead atoms. The normalized spacial score (nSPS) is 21.3. The molecule has 0 saturated carbocycles. The van der Waals surface area contributed by atoms with E-state index < -0.39 is 8.32 Å². The van der Waals surface area contributed by atoms with Gasteiger partial charge in [0.1, 0.15) is 6.04 Å². The molecule has 0 spiro atoms. The lowest BCUT2D eigenvalue weighted by atomic mass is 10.0. The minimum absolute atomic E-state index is 0.0232. The molecule has 0 N–H and O–H groups in total. The molecule has 4 heteroatoms. The second-order valence-electron chi connectivity index (χ2n) is 8.82. The zero-order chi connectivity index (χ0) is 20.2. The Balaban J connectivity index is 2.27. The second-order valence-corrected chi connectivity index (χ2v) is 14.2. The highest BCUT2D eigenvalue weighted by molar-refractivity contribution is 6.79. The molecule has 27 heavy (non-hydrogen) atoms. The average molecular weight is 388 g/mol. The Morgan fingerprint density at radius 3 is 2.15 bits per heavy atom. The molecule has 3 nitrogen and oxygen atoms in total. The Bertz CT molecular complexity index is 617. The molecule has 0 saturated heterocycles. The number of rotatable bonds is 7. The number of benzene rings is 1. The van der Waals surface area contributed by atoms with Crippen molar-refractivity contribution in [3.05, 3.63) is 48.0 Å². The van der Waals surface area contributed by atoms with Crippen LogP contribution >= 0.6 is 0 Å². The molecule has 1 aliphatic heterocycles. The Hall–Kier alpha value is -1.39. The summed E-state index contributed by atoms with van der Waals surface area (Å²) in [5, 5.41) is 0. The Morgan fingerprint density at radius 1 is 1.07 bits per heavy atom. The summed E-state index contributed by atoms with van der Waals surface area (Å²) < 4.78 is 6.50. The first-order chi connectivity index (χ1) is 12.7. The third-order valence-corrected chi connectivity index (χ3v) is 12.1. The Morgan fingerprint density at radius 2 is 1.63 bits per heavy atom. The van der Waals surface area contributed by atoms with E-state index in [0.717, 1.165) is 13.0 Å². The van der Waals surface area contributed by atoms with Crippen molar-refractivity contribution in [2.45, 2.75) is 90.1 Å². The van der Waals surface area contributed by atoms with E-state index in [4.69, 9.17) is 4.43 Å². The van der Waals surface area contributed by atoms with Gasteiger partial charge in [0.05, 0.1) is 0 Å². The van der Waals surface area contributed by atoms with Crippen LogP contribution in [0.25, 0.3) is 0 Å². The van der Waals surface area contributed by atoms with E-state index in [1.807, 2.05) is 6.07 Å². The van der Waals surface area contributed by atoms with Gasteiger partial charge in [0.25, 0.3) is 8.32 Å². The number of nitrogens with zero attached hydrogens (tertiary/aromatic N) is 1. The summed E-state index contributed by atoms with van der Waals surface area (Å²) in [5.41, 5.74) is 2.44. The summed E-state index contributed by atoms with van der Waals surface area (Å²) in [6.07, 6.45) is 5.07.